The zero-order chi connectivity index (χ0) is 14.2. The molecule has 0 unspecified atom stereocenters. The van der Waals surface area contributed by atoms with Crippen LogP contribution in [0.4, 0.5) is 0 Å². The van der Waals surface area contributed by atoms with Crippen LogP contribution in [0.2, 0.25) is 5.02 Å². The maximum atomic E-state index is 11.9. The lowest BCUT2D eigenvalue weighted by atomic mass is 10.2. The number of nitrogens with zero attached hydrogens (tertiary/aromatic N) is 1. The fraction of sp³-hybridized carbons (Fsp3) is 0.167. The molecule has 0 fully saturated rings. The lowest BCUT2D eigenvalue weighted by Crippen LogP contribution is -2.31. The molecule has 19 heavy (non-hydrogen) atoms. The number of hydrogen-bond donors (Lipinski definition) is 2. The second-order valence-electron chi connectivity index (χ2n) is 3.85. The first-order valence-electron chi connectivity index (χ1n) is 5.48. The third-order valence-corrected chi connectivity index (χ3v) is 3.55. The van der Waals surface area contributed by atoms with Crippen LogP contribution in [-0.2, 0) is 6.42 Å². The molecule has 0 aliphatic heterocycles. The fourth-order valence-corrected chi connectivity index (χ4v) is 2.63. The normalized spacial score (nSPS) is 10.7. The second kappa shape index (κ2) is 5.22. The van der Waals surface area contributed by atoms with Crippen molar-refractivity contribution in [3.63, 3.8) is 0 Å². The number of aromatic amines is 1. The highest BCUT2D eigenvalue weighted by molar-refractivity contribution is 9.10. The van der Waals surface area contributed by atoms with E-state index in [0.717, 1.165) is 4.57 Å². The molecular formula is C12H10BrClN2O3. The molecule has 2 rings (SSSR count). The molecule has 0 amide bonds. The highest BCUT2D eigenvalue weighted by Gasteiger charge is 2.15. The molecule has 0 bridgehead atoms. The average molecular weight is 346 g/mol. The Kier molecular flexibility index (Phi) is 3.82. The molecule has 0 atom stereocenters. The standard InChI is InChI=1S/C12H10BrClN2O3/c1-2-7-10(17)15-12(19)16(11(7)18)9-4-3-6(14)5-8(9)13/h3-5,18H,2H2,1H3,(H,15,17,19). The van der Waals surface area contributed by atoms with Crippen LogP contribution in [0.3, 0.4) is 0 Å². The Morgan fingerprint density at radius 2 is 2.11 bits per heavy atom. The molecule has 5 nitrogen and oxygen atoms in total. The van der Waals surface area contributed by atoms with Gasteiger partial charge in [-0.1, -0.05) is 18.5 Å². The summed E-state index contributed by atoms with van der Waals surface area (Å²) in [6.07, 6.45) is 0.312. The molecule has 0 aliphatic rings. The number of aromatic nitrogens is 2. The molecule has 2 aromatic rings. The van der Waals surface area contributed by atoms with Gasteiger partial charge >= 0.3 is 5.69 Å². The quantitative estimate of drug-likeness (QED) is 0.876. The van der Waals surface area contributed by atoms with Gasteiger partial charge in [0.25, 0.3) is 5.56 Å². The maximum Gasteiger partial charge on any atom is 0.335 e. The Morgan fingerprint density at radius 3 is 2.68 bits per heavy atom. The van der Waals surface area contributed by atoms with Crippen LogP contribution in [-0.4, -0.2) is 14.7 Å². The smallest absolute Gasteiger partial charge is 0.335 e. The highest BCUT2D eigenvalue weighted by Crippen LogP contribution is 2.26. The summed E-state index contributed by atoms with van der Waals surface area (Å²) in [5.41, 5.74) is -0.728. The van der Waals surface area contributed by atoms with E-state index in [1.165, 1.54) is 0 Å². The van der Waals surface area contributed by atoms with Gasteiger partial charge < -0.3 is 5.11 Å². The molecule has 7 heteroatoms. The van der Waals surface area contributed by atoms with Gasteiger partial charge in [0, 0.05) is 9.50 Å². The highest BCUT2D eigenvalue weighted by atomic mass is 79.9. The number of rotatable bonds is 2. The first-order valence-corrected chi connectivity index (χ1v) is 6.65. The molecule has 0 radical (unpaired) electrons. The van der Waals surface area contributed by atoms with Crippen molar-refractivity contribution in [2.45, 2.75) is 13.3 Å². The Balaban J connectivity index is 2.83. The Morgan fingerprint density at radius 1 is 1.42 bits per heavy atom. The van der Waals surface area contributed by atoms with E-state index in [0.29, 0.717) is 21.6 Å². The van der Waals surface area contributed by atoms with Gasteiger partial charge in [0.05, 0.1) is 11.3 Å². The molecule has 1 aromatic carbocycles. The third kappa shape index (κ3) is 2.46. The van der Waals surface area contributed by atoms with Gasteiger partial charge in [-0.15, -0.1) is 0 Å². The first-order chi connectivity index (χ1) is 8.95. The zero-order valence-corrected chi connectivity index (χ0v) is 12.2. The number of H-pyrrole nitrogens is 1. The number of nitrogens with one attached hydrogen (secondary N) is 1. The SMILES string of the molecule is CCc1c(O)n(-c2ccc(Cl)cc2Br)c(=O)[nH]c1=O. The van der Waals surface area contributed by atoms with Crippen molar-refractivity contribution in [3.8, 4) is 11.6 Å². The molecule has 100 valence electrons. The van der Waals surface area contributed by atoms with Gasteiger partial charge in [0.2, 0.25) is 5.88 Å². The van der Waals surface area contributed by atoms with Crippen molar-refractivity contribution < 1.29 is 5.11 Å². The summed E-state index contributed by atoms with van der Waals surface area (Å²) in [5, 5.41) is 10.6. The molecule has 0 spiro atoms. The van der Waals surface area contributed by atoms with Gasteiger partial charge in [-0.2, -0.15) is 0 Å². The Labute approximate surface area is 121 Å². The Hall–Kier alpha value is -1.53. The van der Waals surface area contributed by atoms with Gasteiger partial charge in [-0.25, -0.2) is 9.36 Å². The minimum absolute atomic E-state index is 0.154. The average Bonchev–Trinajstić information content (AvgIpc) is 2.31. The van der Waals surface area contributed by atoms with E-state index in [1.807, 2.05) is 0 Å². The molecule has 0 aliphatic carbocycles. The third-order valence-electron chi connectivity index (χ3n) is 2.68. The summed E-state index contributed by atoms with van der Waals surface area (Å²) in [6.45, 7) is 1.72. The van der Waals surface area contributed by atoms with Gasteiger partial charge in [-0.3, -0.25) is 9.78 Å². The van der Waals surface area contributed by atoms with Crippen LogP contribution in [0, 0.1) is 0 Å². The van der Waals surface area contributed by atoms with Crippen LogP contribution >= 0.6 is 27.5 Å². The number of benzene rings is 1. The van der Waals surface area contributed by atoms with Crippen molar-refractivity contribution in [2.24, 2.45) is 0 Å². The monoisotopic (exact) mass is 344 g/mol. The summed E-state index contributed by atoms with van der Waals surface area (Å²) in [6, 6.07) is 4.76. The predicted octanol–water partition coefficient (Wildman–Crippen LogP) is 2.21. The van der Waals surface area contributed by atoms with E-state index < -0.39 is 11.2 Å². The minimum Gasteiger partial charge on any atom is -0.494 e. The number of hydrogen-bond acceptors (Lipinski definition) is 3. The van der Waals surface area contributed by atoms with Crippen LogP contribution in [0.15, 0.2) is 32.3 Å². The van der Waals surface area contributed by atoms with Gasteiger partial charge in [-0.05, 0) is 40.5 Å². The zero-order valence-electron chi connectivity index (χ0n) is 9.91. The topological polar surface area (TPSA) is 75.1 Å². The maximum absolute atomic E-state index is 11.9. The fourth-order valence-electron chi connectivity index (χ4n) is 1.77. The van der Waals surface area contributed by atoms with Crippen LogP contribution in [0.5, 0.6) is 5.88 Å². The van der Waals surface area contributed by atoms with Crippen molar-refractivity contribution in [1.29, 1.82) is 0 Å². The lowest BCUT2D eigenvalue weighted by Gasteiger charge is -2.12. The van der Waals surface area contributed by atoms with Crippen LogP contribution < -0.4 is 11.2 Å². The van der Waals surface area contributed by atoms with Gasteiger partial charge in [0.15, 0.2) is 0 Å². The summed E-state index contributed by atoms with van der Waals surface area (Å²) in [5.74, 6) is -0.362. The summed E-state index contributed by atoms with van der Waals surface area (Å²) < 4.78 is 1.56. The van der Waals surface area contributed by atoms with E-state index in [4.69, 9.17) is 11.6 Å². The summed E-state index contributed by atoms with van der Waals surface area (Å²) in [4.78, 5) is 25.6. The van der Waals surface area contributed by atoms with Gasteiger partial charge in [0.1, 0.15) is 0 Å². The van der Waals surface area contributed by atoms with Crippen molar-refractivity contribution in [1.82, 2.24) is 9.55 Å². The predicted molar refractivity (Wildman–Crippen MR) is 76.4 cm³/mol. The first kappa shape index (κ1) is 13.9. The Bertz CT molecular complexity index is 752. The van der Waals surface area contributed by atoms with Crippen molar-refractivity contribution >= 4 is 27.5 Å². The lowest BCUT2D eigenvalue weighted by molar-refractivity contribution is 0.423. The summed E-state index contributed by atoms with van der Waals surface area (Å²) in [7, 11) is 0. The number of aromatic hydroxyl groups is 1. The van der Waals surface area contributed by atoms with E-state index in [-0.39, 0.29) is 11.4 Å². The molecule has 2 N–H and O–H groups in total. The van der Waals surface area contributed by atoms with Crippen LogP contribution in [0.1, 0.15) is 12.5 Å². The second-order valence-corrected chi connectivity index (χ2v) is 5.14. The van der Waals surface area contributed by atoms with E-state index in [9.17, 15) is 14.7 Å². The van der Waals surface area contributed by atoms with Crippen molar-refractivity contribution in [2.75, 3.05) is 0 Å². The minimum atomic E-state index is -0.706. The van der Waals surface area contributed by atoms with Crippen molar-refractivity contribution in [3.05, 3.63) is 54.1 Å². The number of halogens is 2. The van der Waals surface area contributed by atoms with E-state index >= 15 is 0 Å². The molecule has 1 aromatic heterocycles. The van der Waals surface area contributed by atoms with Crippen LogP contribution in [0.25, 0.3) is 5.69 Å². The van der Waals surface area contributed by atoms with E-state index in [2.05, 4.69) is 20.9 Å². The molecule has 0 saturated heterocycles. The largest absolute Gasteiger partial charge is 0.494 e. The molecule has 1 heterocycles. The molecular weight excluding hydrogens is 336 g/mol. The molecule has 0 saturated carbocycles. The summed E-state index contributed by atoms with van der Waals surface area (Å²) >= 11 is 9.10. The van der Waals surface area contributed by atoms with E-state index in [1.54, 1.807) is 25.1 Å².